The summed E-state index contributed by atoms with van der Waals surface area (Å²) in [6.07, 6.45) is 0.730. The highest BCUT2D eigenvalue weighted by atomic mass is 35.5. The van der Waals surface area contributed by atoms with Crippen LogP contribution in [0.5, 0.6) is 5.75 Å². The maximum atomic E-state index is 13.2. The third kappa shape index (κ3) is 4.02. The van der Waals surface area contributed by atoms with Gasteiger partial charge in [0.2, 0.25) is 0 Å². The molecular weight excluding hydrogens is 312 g/mol. The van der Waals surface area contributed by atoms with E-state index in [0.717, 1.165) is 17.7 Å². The molecule has 0 radical (unpaired) electrons. The number of nitrogens with one attached hydrogen (secondary N) is 1. The molecule has 1 unspecified atom stereocenters. The van der Waals surface area contributed by atoms with Crippen molar-refractivity contribution in [3.63, 3.8) is 0 Å². The van der Waals surface area contributed by atoms with Crippen LogP contribution in [0.1, 0.15) is 12.5 Å². The van der Waals surface area contributed by atoms with Crippen LogP contribution in [0.3, 0.4) is 0 Å². The zero-order chi connectivity index (χ0) is 15.4. The van der Waals surface area contributed by atoms with Crippen LogP contribution in [-0.2, 0) is 6.42 Å². The molecule has 0 amide bonds. The number of halogens is 3. The molecule has 2 nitrogen and oxygen atoms in total. The molecule has 5 heteroatoms. The molecule has 0 aliphatic carbocycles. The summed E-state index contributed by atoms with van der Waals surface area (Å²) in [5.41, 5.74) is 1.62. The first kappa shape index (κ1) is 15.9. The van der Waals surface area contributed by atoms with Gasteiger partial charge in [0.1, 0.15) is 11.6 Å². The molecule has 2 aromatic carbocycles. The lowest BCUT2D eigenvalue weighted by molar-refractivity contribution is 0.409. The molecule has 2 aromatic rings. The van der Waals surface area contributed by atoms with Gasteiger partial charge < -0.3 is 10.1 Å². The van der Waals surface area contributed by atoms with Crippen LogP contribution in [0.4, 0.5) is 10.1 Å². The van der Waals surface area contributed by atoms with Crippen molar-refractivity contribution in [2.24, 2.45) is 0 Å². The van der Waals surface area contributed by atoms with E-state index in [2.05, 4.69) is 5.32 Å². The largest absolute Gasteiger partial charge is 0.496 e. The smallest absolute Gasteiger partial charge is 0.126 e. The second-order valence-corrected chi connectivity index (χ2v) is 5.62. The third-order valence-corrected chi connectivity index (χ3v) is 3.71. The van der Waals surface area contributed by atoms with Crippen molar-refractivity contribution >= 4 is 28.9 Å². The Morgan fingerprint density at radius 1 is 1.19 bits per heavy atom. The zero-order valence-corrected chi connectivity index (χ0v) is 13.3. The number of anilines is 1. The number of hydrogen-bond donors (Lipinski definition) is 1. The topological polar surface area (TPSA) is 21.3 Å². The van der Waals surface area contributed by atoms with E-state index in [-0.39, 0.29) is 16.1 Å². The highest BCUT2D eigenvalue weighted by molar-refractivity contribution is 6.39. The van der Waals surface area contributed by atoms with Crippen molar-refractivity contribution in [2.75, 3.05) is 12.4 Å². The lowest BCUT2D eigenvalue weighted by atomic mass is 10.1. The van der Waals surface area contributed by atoms with E-state index in [0.29, 0.717) is 5.69 Å². The van der Waals surface area contributed by atoms with Crippen LogP contribution in [0.25, 0.3) is 0 Å². The van der Waals surface area contributed by atoms with Crippen LogP contribution < -0.4 is 10.1 Å². The minimum Gasteiger partial charge on any atom is -0.496 e. The SMILES string of the molecule is COc1ccccc1CC(C)Nc1c(Cl)cc(F)cc1Cl. The Morgan fingerprint density at radius 3 is 2.43 bits per heavy atom. The van der Waals surface area contributed by atoms with Gasteiger partial charge in [-0.3, -0.25) is 0 Å². The Balaban J connectivity index is 2.14. The van der Waals surface area contributed by atoms with Crippen LogP contribution in [0.15, 0.2) is 36.4 Å². The molecule has 0 saturated heterocycles. The highest BCUT2D eigenvalue weighted by Crippen LogP contribution is 2.32. The lowest BCUT2D eigenvalue weighted by Gasteiger charge is -2.19. The van der Waals surface area contributed by atoms with Crippen molar-refractivity contribution in [3.05, 3.63) is 57.8 Å². The quantitative estimate of drug-likeness (QED) is 0.816. The molecule has 2 rings (SSSR count). The van der Waals surface area contributed by atoms with Gasteiger partial charge in [-0.25, -0.2) is 4.39 Å². The van der Waals surface area contributed by atoms with Crippen LogP contribution in [-0.4, -0.2) is 13.2 Å². The summed E-state index contributed by atoms with van der Waals surface area (Å²) in [4.78, 5) is 0. The standard InChI is InChI=1S/C16H16Cl2FNO/c1-10(7-11-5-3-4-6-15(11)21-2)20-16-13(17)8-12(19)9-14(16)18/h3-6,8-10,20H,7H2,1-2H3. The minimum atomic E-state index is -0.451. The van der Waals surface area contributed by atoms with Gasteiger partial charge in [0.05, 0.1) is 22.8 Å². The second kappa shape index (κ2) is 7.01. The summed E-state index contributed by atoms with van der Waals surface area (Å²) >= 11 is 12.1. The Hall–Kier alpha value is -1.45. The normalized spacial score (nSPS) is 12.0. The first-order chi connectivity index (χ1) is 10.0. The summed E-state index contributed by atoms with van der Waals surface area (Å²) < 4.78 is 18.5. The van der Waals surface area contributed by atoms with Gasteiger partial charge in [-0.15, -0.1) is 0 Å². The number of hydrogen-bond acceptors (Lipinski definition) is 2. The molecule has 112 valence electrons. The number of para-hydroxylation sites is 1. The monoisotopic (exact) mass is 327 g/mol. The maximum Gasteiger partial charge on any atom is 0.126 e. The molecule has 21 heavy (non-hydrogen) atoms. The summed E-state index contributed by atoms with van der Waals surface area (Å²) in [6.45, 7) is 2.00. The van der Waals surface area contributed by atoms with Gasteiger partial charge in [-0.1, -0.05) is 41.4 Å². The summed E-state index contributed by atoms with van der Waals surface area (Å²) in [7, 11) is 1.64. The molecule has 0 aromatic heterocycles. The summed E-state index contributed by atoms with van der Waals surface area (Å²) in [5, 5.41) is 3.76. The van der Waals surface area contributed by atoms with Gasteiger partial charge in [-0.2, -0.15) is 0 Å². The molecule has 0 aliphatic rings. The molecule has 1 atom stereocenters. The van der Waals surface area contributed by atoms with Crippen LogP contribution >= 0.6 is 23.2 Å². The predicted molar refractivity (Wildman–Crippen MR) is 86.2 cm³/mol. The molecule has 0 fully saturated rings. The molecular formula is C16H16Cl2FNO. The molecule has 1 N–H and O–H groups in total. The van der Waals surface area contributed by atoms with Crippen molar-refractivity contribution in [2.45, 2.75) is 19.4 Å². The van der Waals surface area contributed by atoms with Crippen molar-refractivity contribution < 1.29 is 9.13 Å². The fraction of sp³-hybridized carbons (Fsp3) is 0.250. The summed E-state index contributed by atoms with van der Waals surface area (Å²) in [6, 6.07) is 10.3. The Kier molecular flexibility index (Phi) is 5.32. The van der Waals surface area contributed by atoms with Gasteiger partial charge >= 0.3 is 0 Å². The molecule has 0 bridgehead atoms. The van der Waals surface area contributed by atoms with Crippen LogP contribution in [0.2, 0.25) is 10.0 Å². The van der Waals surface area contributed by atoms with Gasteiger partial charge in [-0.05, 0) is 37.1 Å². The average molecular weight is 328 g/mol. The molecule has 0 aliphatic heterocycles. The van der Waals surface area contributed by atoms with E-state index in [1.54, 1.807) is 7.11 Å². The Bertz CT molecular complexity index is 610. The van der Waals surface area contributed by atoms with Gasteiger partial charge in [0.25, 0.3) is 0 Å². The fourth-order valence-corrected chi connectivity index (χ4v) is 2.75. The Morgan fingerprint density at radius 2 is 1.81 bits per heavy atom. The number of rotatable bonds is 5. The number of methoxy groups -OCH3 is 1. The van der Waals surface area contributed by atoms with Crippen molar-refractivity contribution in [1.82, 2.24) is 0 Å². The van der Waals surface area contributed by atoms with E-state index in [1.165, 1.54) is 12.1 Å². The van der Waals surface area contributed by atoms with E-state index in [4.69, 9.17) is 27.9 Å². The predicted octanol–water partition coefficient (Wildman–Crippen LogP) is 5.18. The number of benzene rings is 2. The van der Waals surface area contributed by atoms with E-state index in [1.807, 2.05) is 31.2 Å². The molecule has 0 spiro atoms. The lowest BCUT2D eigenvalue weighted by Crippen LogP contribution is -2.19. The van der Waals surface area contributed by atoms with Gasteiger partial charge in [0.15, 0.2) is 0 Å². The van der Waals surface area contributed by atoms with Gasteiger partial charge in [0, 0.05) is 6.04 Å². The number of ether oxygens (including phenoxy) is 1. The van der Waals surface area contributed by atoms with E-state index in [9.17, 15) is 4.39 Å². The van der Waals surface area contributed by atoms with Crippen molar-refractivity contribution in [1.29, 1.82) is 0 Å². The molecule has 0 saturated carbocycles. The molecule has 0 heterocycles. The maximum absolute atomic E-state index is 13.2. The van der Waals surface area contributed by atoms with Crippen molar-refractivity contribution in [3.8, 4) is 5.75 Å². The average Bonchev–Trinajstić information content (AvgIpc) is 2.43. The zero-order valence-electron chi connectivity index (χ0n) is 11.8. The van der Waals surface area contributed by atoms with Crippen LogP contribution in [0, 0.1) is 5.82 Å². The Labute approximate surface area is 133 Å². The van der Waals surface area contributed by atoms with E-state index < -0.39 is 5.82 Å². The first-order valence-electron chi connectivity index (χ1n) is 6.54. The minimum absolute atomic E-state index is 0.0572. The third-order valence-electron chi connectivity index (χ3n) is 3.12. The fourth-order valence-electron chi connectivity index (χ4n) is 2.18. The summed E-state index contributed by atoms with van der Waals surface area (Å²) in [5.74, 6) is 0.385. The first-order valence-corrected chi connectivity index (χ1v) is 7.30. The van der Waals surface area contributed by atoms with E-state index >= 15 is 0 Å². The second-order valence-electron chi connectivity index (χ2n) is 4.81. The highest BCUT2D eigenvalue weighted by Gasteiger charge is 2.13.